The van der Waals surface area contributed by atoms with Gasteiger partial charge in [-0.3, -0.25) is 10.1 Å². The minimum atomic E-state index is -0.450. The van der Waals surface area contributed by atoms with E-state index in [1.807, 2.05) is 22.6 Å². The van der Waals surface area contributed by atoms with Gasteiger partial charge >= 0.3 is 0 Å². The molecule has 1 rings (SSSR count). The van der Waals surface area contributed by atoms with Gasteiger partial charge < -0.3 is 0 Å². The molecule has 0 aliphatic heterocycles. The molecule has 0 fully saturated rings. The lowest BCUT2D eigenvalue weighted by molar-refractivity contribution is -0.385. The molecule has 0 N–H and O–H groups in total. The van der Waals surface area contributed by atoms with Crippen molar-refractivity contribution in [1.82, 2.24) is 4.98 Å². The fourth-order valence-corrected chi connectivity index (χ4v) is 1.89. The highest BCUT2D eigenvalue weighted by atomic mass is 127. The normalized spacial score (nSPS) is 9.64. The molecule has 0 radical (unpaired) electrons. The molecular weight excluding hydrogens is 327 g/mol. The van der Waals surface area contributed by atoms with Gasteiger partial charge in [-0.2, -0.15) is 0 Å². The lowest BCUT2D eigenvalue weighted by Crippen LogP contribution is -1.90. The standard InChI is InChI=1S/C5H2BrIN2O2/c6-4-1-3(9(10)11)2-5(7)8-4/h1-2H. The predicted octanol–water partition coefficient (Wildman–Crippen LogP) is 2.36. The smallest absolute Gasteiger partial charge is 0.258 e. The van der Waals surface area contributed by atoms with Crippen LogP contribution in [0.5, 0.6) is 0 Å². The van der Waals surface area contributed by atoms with Crippen molar-refractivity contribution in [3.05, 3.63) is 30.6 Å². The molecule has 4 nitrogen and oxygen atoms in total. The summed E-state index contributed by atoms with van der Waals surface area (Å²) in [5.41, 5.74) is 0.0521. The van der Waals surface area contributed by atoms with Crippen LogP contribution in [0.25, 0.3) is 0 Å². The van der Waals surface area contributed by atoms with Crippen molar-refractivity contribution in [2.45, 2.75) is 0 Å². The minimum Gasteiger partial charge on any atom is -0.258 e. The number of aromatic nitrogens is 1. The Morgan fingerprint density at radius 2 is 2.27 bits per heavy atom. The molecule has 6 heteroatoms. The quantitative estimate of drug-likeness (QED) is 0.344. The van der Waals surface area contributed by atoms with E-state index in [2.05, 4.69) is 20.9 Å². The largest absolute Gasteiger partial charge is 0.274 e. The van der Waals surface area contributed by atoms with Crippen LogP contribution in [0, 0.1) is 13.8 Å². The van der Waals surface area contributed by atoms with E-state index in [4.69, 9.17) is 0 Å². The zero-order chi connectivity index (χ0) is 8.43. The number of hydrogen-bond acceptors (Lipinski definition) is 3. The van der Waals surface area contributed by atoms with E-state index < -0.39 is 4.92 Å². The van der Waals surface area contributed by atoms with Crippen LogP contribution in [-0.4, -0.2) is 9.91 Å². The lowest BCUT2D eigenvalue weighted by atomic mass is 10.4. The monoisotopic (exact) mass is 328 g/mol. The lowest BCUT2D eigenvalue weighted by Gasteiger charge is -1.92. The Balaban J connectivity index is 3.19. The minimum absolute atomic E-state index is 0.0521. The summed E-state index contributed by atoms with van der Waals surface area (Å²) in [6.07, 6.45) is 0. The van der Waals surface area contributed by atoms with Crippen LogP contribution in [0.15, 0.2) is 16.7 Å². The van der Waals surface area contributed by atoms with Crippen molar-refractivity contribution in [2.24, 2.45) is 0 Å². The first-order valence-corrected chi connectivity index (χ1v) is 4.44. The van der Waals surface area contributed by atoms with E-state index in [0.29, 0.717) is 8.30 Å². The predicted molar refractivity (Wildman–Crippen MR) is 51.3 cm³/mol. The van der Waals surface area contributed by atoms with Gasteiger partial charge in [0.05, 0.1) is 4.92 Å². The van der Waals surface area contributed by atoms with Gasteiger partial charge in [-0.1, -0.05) is 0 Å². The summed E-state index contributed by atoms with van der Waals surface area (Å²) in [5, 5.41) is 10.3. The Labute approximate surface area is 84.4 Å². The molecule has 0 aliphatic carbocycles. The summed E-state index contributed by atoms with van der Waals surface area (Å²) in [4.78, 5) is 13.7. The molecule has 1 heterocycles. The molecule has 0 saturated carbocycles. The molecule has 0 bridgehead atoms. The molecule has 58 valence electrons. The zero-order valence-electron chi connectivity index (χ0n) is 5.12. The zero-order valence-corrected chi connectivity index (χ0v) is 8.87. The fourth-order valence-electron chi connectivity index (χ4n) is 0.558. The topological polar surface area (TPSA) is 56.0 Å². The maximum Gasteiger partial charge on any atom is 0.274 e. The summed E-state index contributed by atoms with van der Waals surface area (Å²) < 4.78 is 1.08. The number of rotatable bonds is 1. The Morgan fingerprint density at radius 1 is 1.64 bits per heavy atom. The third-order valence-corrected chi connectivity index (χ3v) is 1.92. The van der Waals surface area contributed by atoms with Crippen molar-refractivity contribution in [2.75, 3.05) is 0 Å². The summed E-state index contributed by atoms with van der Waals surface area (Å²) in [6, 6.07) is 2.77. The molecular formula is C5H2BrIN2O2. The highest BCUT2D eigenvalue weighted by molar-refractivity contribution is 14.1. The van der Waals surface area contributed by atoms with Crippen molar-refractivity contribution in [3.63, 3.8) is 0 Å². The van der Waals surface area contributed by atoms with Crippen LogP contribution in [0.3, 0.4) is 0 Å². The highest BCUT2D eigenvalue weighted by Gasteiger charge is 2.07. The molecule has 0 aliphatic rings. The van der Waals surface area contributed by atoms with E-state index >= 15 is 0 Å². The van der Waals surface area contributed by atoms with Crippen LogP contribution in [0.1, 0.15) is 0 Å². The summed E-state index contributed by atoms with van der Waals surface area (Å²) in [7, 11) is 0. The van der Waals surface area contributed by atoms with Gasteiger partial charge in [0.2, 0.25) is 0 Å². The number of pyridine rings is 1. The third-order valence-electron chi connectivity index (χ3n) is 0.958. The maximum absolute atomic E-state index is 10.3. The average molecular weight is 329 g/mol. The Kier molecular flexibility index (Phi) is 2.77. The van der Waals surface area contributed by atoms with Crippen LogP contribution in [-0.2, 0) is 0 Å². The molecule has 0 spiro atoms. The summed E-state index contributed by atoms with van der Waals surface area (Å²) >= 11 is 4.98. The third kappa shape index (κ3) is 2.37. The van der Waals surface area contributed by atoms with Crippen LogP contribution < -0.4 is 0 Å². The number of nitrogens with zero attached hydrogens (tertiary/aromatic N) is 2. The summed E-state index contributed by atoms with van der Waals surface area (Å²) in [6.45, 7) is 0. The average Bonchev–Trinajstić information content (AvgIpc) is 1.85. The first kappa shape index (κ1) is 8.85. The second-order valence-electron chi connectivity index (χ2n) is 1.73. The number of nitro groups is 1. The molecule has 0 atom stereocenters. The molecule has 0 amide bonds. The van der Waals surface area contributed by atoms with Gasteiger partial charge in [0.1, 0.15) is 8.30 Å². The van der Waals surface area contributed by atoms with E-state index in [1.165, 1.54) is 12.1 Å². The first-order valence-electron chi connectivity index (χ1n) is 2.57. The van der Waals surface area contributed by atoms with Gasteiger partial charge in [-0.15, -0.1) is 0 Å². The molecule has 0 unspecified atom stereocenters. The van der Waals surface area contributed by atoms with Crippen molar-refractivity contribution in [3.8, 4) is 0 Å². The van der Waals surface area contributed by atoms with Gasteiger partial charge in [-0.05, 0) is 38.5 Å². The molecule has 0 saturated heterocycles. The van der Waals surface area contributed by atoms with Crippen molar-refractivity contribution < 1.29 is 4.92 Å². The number of halogens is 2. The Hall–Kier alpha value is -0.240. The molecule has 0 aromatic carbocycles. The SMILES string of the molecule is O=[N+]([O-])c1cc(Br)nc(I)c1. The molecule has 1 aromatic heterocycles. The highest BCUT2D eigenvalue weighted by Crippen LogP contribution is 2.18. The van der Waals surface area contributed by atoms with Gasteiger partial charge in [0.25, 0.3) is 5.69 Å². The summed E-state index contributed by atoms with van der Waals surface area (Å²) in [5.74, 6) is 0. The van der Waals surface area contributed by atoms with Crippen LogP contribution in [0.2, 0.25) is 0 Å². The van der Waals surface area contributed by atoms with Gasteiger partial charge in [-0.25, -0.2) is 4.98 Å². The van der Waals surface area contributed by atoms with Gasteiger partial charge in [0, 0.05) is 12.1 Å². The Morgan fingerprint density at radius 3 is 2.73 bits per heavy atom. The van der Waals surface area contributed by atoms with E-state index in [-0.39, 0.29) is 5.69 Å². The van der Waals surface area contributed by atoms with E-state index in [1.54, 1.807) is 0 Å². The van der Waals surface area contributed by atoms with Gasteiger partial charge in [0.15, 0.2) is 0 Å². The van der Waals surface area contributed by atoms with E-state index in [0.717, 1.165) is 0 Å². The Bertz CT molecular complexity index is 284. The fraction of sp³-hybridized carbons (Fsp3) is 0. The van der Waals surface area contributed by atoms with Crippen LogP contribution in [0.4, 0.5) is 5.69 Å². The maximum atomic E-state index is 10.3. The molecule has 11 heavy (non-hydrogen) atoms. The second kappa shape index (κ2) is 3.44. The van der Waals surface area contributed by atoms with Crippen LogP contribution >= 0.6 is 38.5 Å². The first-order chi connectivity index (χ1) is 5.09. The van der Waals surface area contributed by atoms with E-state index in [9.17, 15) is 10.1 Å². The molecule has 1 aromatic rings. The number of hydrogen-bond donors (Lipinski definition) is 0. The second-order valence-corrected chi connectivity index (χ2v) is 3.65. The van der Waals surface area contributed by atoms with Crippen molar-refractivity contribution in [1.29, 1.82) is 0 Å². The van der Waals surface area contributed by atoms with Crippen molar-refractivity contribution >= 4 is 44.2 Å².